The number of carbonyl (C=O) groups is 1. The van der Waals surface area contributed by atoms with Gasteiger partial charge in [0.2, 0.25) is 0 Å². The molecule has 1 unspecified atom stereocenters. The molecule has 4 saturated carbocycles. The lowest BCUT2D eigenvalue weighted by molar-refractivity contribution is -0.229. The lowest BCUT2D eigenvalue weighted by atomic mass is 9.43. The van der Waals surface area contributed by atoms with Crippen LogP contribution in [0.15, 0.2) is 0 Å². The molecule has 4 aliphatic rings. The number of hydrogen-bond donors (Lipinski definition) is 3. The highest BCUT2D eigenvalue weighted by atomic mass is 16.7. The third-order valence-corrected chi connectivity index (χ3v) is 9.92. The largest absolute Gasteiger partial charge is 0.472 e. The van der Waals surface area contributed by atoms with Crippen molar-refractivity contribution in [1.29, 1.82) is 0 Å². The van der Waals surface area contributed by atoms with Gasteiger partial charge in [-0.2, -0.15) is 0 Å². The van der Waals surface area contributed by atoms with E-state index in [0.29, 0.717) is 44.5 Å². The zero-order chi connectivity index (χ0) is 22.5. The van der Waals surface area contributed by atoms with Gasteiger partial charge >= 0.3 is 5.97 Å². The Morgan fingerprint density at radius 2 is 1.81 bits per heavy atom. The van der Waals surface area contributed by atoms with Crippen LogP contribution in [0.5, 0.6) is 0 Å². The molecule has 31 heavy (non-hydrogen) atoms. The lowest BCUT2D eigenvalue weighted by Crippen LogP contribution is -2.65. The van der Waals surface area contributed by atoms with Gasteiger partial charge in [0.25, 0.3) is 0 Å². The molecule has 0 heterocycles. The first-order valence-corrected chi connectivity index (χ1v) is 12.0. The summed E-state index contributed by atoms with van der Waals surface area (Å²) in [6, 6.07) is 0. The van der Waals surface area contributed by atoms with Gasteiger partial charge in [-0.25, -0.2) is 4.79 Å². The Kier molecular flexibility index (Phi) is 5.96. The van der Waals surface area contributed by atoms with E-state index in [1.807, 2.05) is 13.8 Å². The predicted molar refractivity (Wildman–Crippen MR) is 115 cm³/mol. The number of ether oxygens (including phenoxy) is 2. The number of rotatable bonds is 4. The maximum Gasteiger partial charge on any atom is 0.382 e. The van der Waals surface area contributed by atoms with Crippen molar-refractivity contribution in [1.82, 2.24) is 0 Å². The Morgan fingerprint density at radius 3 is 2.52 bits per heavy atom. The quantitative estimate of drug-likeness (QED) is 0.357. The van der Waals surface area contributed by atoms with Crippen molar-refractivity contribution in [2.24, 2.45) is 28.6 Å². The average molecular weight is 435 g/mol. The first kappa shape index (κ1) is 23.0. The zero-order valence-corrected chi connectivity index (χ0v) is 19.2. The summed E-state index contributed by atoms with van der Waals surface area (Å²) in [6.07, 6.45) is 7.84. The lowest BCUT2D eigenvalue weighted by Gasteiger charge is -2.64. The number of hydrogen-bond acceptors (Lipinski definition) is 5. The van der Waals surface area contributed by atoms with Crippen LogP contribution in [0.3, 0.4) is 0 Å². The summed E-state index contributed by atoms with van der Waals surface area (Å²) in [5, 5.41) is 32.4. The second kappa shape index (κ2) is 8.02. The van der Waals surface area contributed by atoms with Crippen molar-refractivity contribution in [2.45, 2.75) is 95.9 Å². The topological polar surface area (TPSA) is 96.2 Å². The van der Waals surface area contributed by atoms with Crippen LogP contribution in [0.4, 0.5) is 0 Å². The molecule has 0 bridgehead atoms. The molecule has 0 aromatic rings. The van der Waals surface area contributed by atoms with E-state index >= 15 is 0 Å². The van der Waals surface area contributed by atoms with Crippen molar-refractivity contribution < 1.29 is 29.6 Å². The third kappa shape index (κ3) is 3.44. The van der Waals surface area contributed by atoms with Crippen LogP contribution in [0.25, 0.3) is 0 Å². The predicted octanol–water partition coefficient (Wildman–Crippen LogP) is 3.34. The van der Waals surface area contributed by atoms with E-state index in [4.69, 9.17) is 14.6 Å². The Hall–Kier alpha value is -1.13. The molecule has 0 spiro atoms. The summed E-state index contributed by atoms with van der Waals surface area (Å²) in [5.41, 5.74) is -3.09. The Bertz CT molecular complexity index is 772. The molecule has 0 amide bonds. The molecule has 0 radical (unpaired) electrons. The van der Waals surface area contributed by atoms with Crippen LogP contribution >= 0.6 is 0 Å². The molecule has 8 atom stereocenters. The highest BCUT2D eigenvalue weighted by molar-refractivity contribution is 5.86. The second-order valence-electron chi connectivity index (χ2n) is 10.9. The maximum atomic E-state index is 12.0. The van der Waals surface area contributed by atoms with Gasteiger partial charge in [-0.1, -0.05) is 19.8 Å². The third-order valence-electron chi connectivity index (χ3n) is 9.92. The van der Waals surface area contributed by atoms with Crippen molar-refractivity contribution in [3.63, 3.8) is 0 Å². The van der Waals surface area contributed by atoms with Crippen LogP contribution in [0.1, 0.15) is 78.6 Å². The van der Waals surface area contributed by atoms with Gasteiger partial charge in [-0.15, -0.1) is 0 Å². The Labute approximate surface area is 185 Å². The molecule has 4 fully saturated rings. The summed E-state index contributed by atoms with van der Waals surface area (Å²) < 4.78 is 11.3. The van der Waals surface area contributed by atoms with Gasteiger partial charge in [0, 0.05) is 17.9 Å². The standard InChI is InChI=1S/C25H38O6/c1-4-30-16-31-18-7-10-22(2)17(15-18)5-6-20-19(22)8-11-23(3)24(28,12-9-21(26)27)13-14-25(20,23)29/h17-20,28-29H,4-8,10-11,13-16H2,1-3H3,(H,26,27)/t17-,18+,19+,20-,22+,23-,24?,25+/m1/s1. The molecule has 4 rings (SSSR count). The summed E-state index contributed by atoms with van der Waals surface area (Å²) in [5.74, 6) is 4.64. The van der Waals surface area contributed by atoms with Crippen LogP contribution in [0, 0.1) is 40.4 Å². The van der Waals surface area contributed by atoms with E-state index in [-0.39, 0.29) is 17.4 Å². The molecular formula is C25H38O6. The minimum Gasteiger partial charge on any atom is -0.472 e. The Morgan fingerprint density at radius 1 is 1.03 bits per heavy atom. The van der Waals surface area contributed by atoms with Crippen LogP contribution in [-0.2, 0) is 14.3 Å². The minimum absolute atomic E-state index is 0.119. The number of carboxylic acid groups (broad SMARTS) is 1. The van der Waals surface area contributed by atoms with E-state index in [2.05, 4.69) is 18.8 Å². The van der Waals surface area contributed by atoms with Gasteiger partial charge < -0.3 is 24.8 Å². The molecule has 4 aliphatic carbocycles. The van der Waals surface area contributed by atoms with E-state index in [9.17, 15) is 15.0 Å². The van der Waals surface area contributed by atoms with Gasteiger partial charge in [-0.05, 0) is 87.9 Å². The smallest absolute Gasteiger partial charge is 0.382 e. The van der Waals surface area contributed by atoms with E-state index in [1.54, 1.807) is 0 Å². The fraction of sp³-hybridized carbons (Fsp3) is 0.880. The molecule has 3 N–H and O–H groups in total. The van der Waals surface area contributed by atoms with Crippen molar-refractivity contribution in [3.05, 3.63) is 0 Å². The fourth-order valence-corrected chi connectivity index (χ4v) is 7.94. The van der Waals surface area contributed by atoms with Crippen LogP contribution < -0.4 is 0 Å². The molecular weight excluding hydrogens is 396 g/mol. The Balaban J connectivity index is 1.55. The summed E-state index contributed by atoms with van der Waals surface area (Å²) in [6.45, 7) is 7.34. The normalized spacial score (nSPS) is 48.7. The molecule has 0 saturated heterocycles. The second-order valence-corrected chi connectivity index (χ2v) is 10.9. The molecule has 0 aliphatic heterocycles. The number of carboxylic acids is 1. The fourth-order valence-electron chi connectivity index (χ4n) is 7.94. The van der Waals surface area contributed by atoms with Crippen LogP contribution in [0.2, 0.25) is 0 Å². The van der Waals surface area contributed by atoms with E-state index in [1.165, 1.54) is 0 Å². The van der Waals surface area contributed by atoms with Gasteiger partial charge in [0.15, 0.2) is 0 Å². The maximum absolute atomic E-state index is 12.0. The van der Waals surface area contributed by atoms with Crippen molar-refractivity contribution >= 4 is 5.97 Å². The molecule has 174 valence electrons. The molecule has 0 aromatic carbocycles. The van der Waals surface area contributed by atoms with Gasteiger partial charge in [0.05, 0.1) is 11.7 Å². The van der Waals surface area contributed by atoms with Crippen molar-refractivity contribution in [2.75, 3.05) is 13.4 Å². The van der Waals surface area contributed by atoms with Gasteiger partial charge in [-0.3, -0.25) is 0 Å². The number of aliphatic hydroxyl groups is 2. The van der Waals surface area contributed by atoms with Crippen LogP contribution in [-0.4, -0.2) is 52.0 Å². The van der Waals surface area contributed by atoms with Crippen molar-refractivity contribution in [3.8, 4) is 11.8 Å². The first-order chi connectivity index (χ1) is 14.6. The first-order valence-electron chi connectivity index (χ1n) is 12.0. The van der Waals surface area contributed by atoms with E-state index in [0.717, 1.165) is 38.5 Å². The van der Waals surface area contributed by atoms with Gasteiger partial charge in [0.1, 0.15) is 12.4 Å². The molecule has 6 heteroatoms. The highest BCUT2D eigenvalue weighted by Crippen LogP contribution is 2.69. The van der Waals surface area contributed by atoms with E-state index < -0.39 is 22.6 Å². The number of fused-ring (bicyclic) bond motifs is 5. The summed E-state index contributed by atoms with van der Waals surface area (Å²) in [4.78, 5) is 11.0. The number of aliphatic carboxylic acids is 1. The summed E-state index contributed by atoms with van der Waals surface area (Å²) in [7, 11) is 0. The minimum atomic E-state index is -1.45. The highest BCUT2D eigenvalue weighted by Gasteiger charge is 2.71. The molecule has 0 aromatic heterocycles. The average Bonchev–Trinajstić information content (AvgIpc) is 2.94. The monoisotopic (exact) mass is 434 g/mol. The SMILES string of the molecule is CCOCO[C@H]1CC[C@@]2(C)[C@H](CC[C@@H]3[C@@H]2CC[C@]2(C)C(O)(C#CC(=O)O)CC[C@]32O)C1. The zero-order valence-electron chi connectivity index (χ0n) is 19.2. The summed E-state index contributed by atoms with van der Waals surface area (Å²) >= 11 is 0. The molecule has 6 nitrogen and oxygen atoms in total.